The largest absolute Gasteiger partial charge is 0.489 e. The molecule has 1 N–H and O–H groups in total. The van der Waals surface area contributed by atoms with Crippen molar-refractivity contribution in [2.24, 2.45) is 0 Å². The van der Waals surface area contributed by atoms with Gasteiger partial charge in [-0.3, -0.25) is 0 Å². The summed E-state index contributed by atoms with van der Waals surface area (Å²) in [6, 6.07) is 9.73. The maximum absolute atomic E-state index is 13.0. The van der Waals surface area contributed by atoms with E-state index in [1.54, 1.807) is 6.07 Å². The third-order valence-corrected chi connectivity index (χ3v) is 3.24. The first kappa shape index (κ1) is 15.4. The highest BCUT2D eigenvalue weighted by molar-refractivity contribution is 6.31. The molecule has 0 bridgehead atoms. The minimum atomic E-state index is -0.369. The van der Waals surface area contributed by atoms with E-state index >= 15 is 0 Å². The lowest BCUT2D eigenvalue weighted by Crippen LogP contribution is -1.98. The zero-order valence-electron chi connectivity index (χ0n) is 11.5. The van der Waals surface area contributed by atoms with Crippen LogP contribution in [-0.4, -0.2) is 11.7 Å². The average molecular weight is 305 g/mol. The predicted octanol–water partition coefficient (Wildman–Crippen LogP) is 3.71. The topological polar surface area (TPSA) is 29.5 Å². The van der Waals surface area contributed by atoms with Crippen molar-refractivity contribution in [2.45, 2.75) is 13.5 Å². The lowest BCUT2D eigenvalue weighted by Gasteiger charge is -2.10. The van der Waals surface area contributed by atoms with E-state index in [0.717, 1.165) is 16.7 Å². The van der Waals surface area contributed by atoms with Gasteiger partial charge in [-0.25, -0.2) is 4.39 Å². The van der Waals surface area contributed by atoms with Crippen LogP contribution in [0.3, 0.4) is 0 Å². The van der Waals surface area contributed by atoms with Gasteiger partial charge in [0.1, 0.15) is 24.8 Å². The highest BCUT2D eigenvalue weighted by Gasteiger charge is 2.05. The van der Waals surface area contributed by atoms with Crippen molar-refractivity contribution in [3.8, 4) is 17.6 Å². The van der Waals surface area contributed by atoms with Crippen LogP contribution in [0.15, 0.2) is 36.4 Å². The van der Waals surface area contributed by atoms with Crippen molar-refractivity contribution in [1.29, 1.82) is 0 Å². The van der Waals surface area contributed by atoms with E-state index in [0.29, 0.717) is 10.8 Å². The molecule has 0 spiro atoms. The van der Waals surface area contributed by atoms with Crippen molar-refractivity contribution < 1.29 is 14.2 Å². The van der Waals surface area contributed by atoms with Crippen molar-refractivity contribution in [3.05, 3.63) is 63.9 Å². The molecule has 4 heteroatoms. The Morgan fingerprint density at radius 3 is 2.71 bits per heavy atom. The molecule has 2 nitrogen and oxygen atoms in total. The Morgan fingerprint density at radius 2 is 2.05 bits per heavy atom. The number of aliphatic hydroxyl groups is 1. The minimum Gasteiger partial charge on any atom is -0.489 e. The van der Waals surface area contributed by atoms with Crippen LogP contribution < -0.4 is 4.74 Å². The van der Waals surface area contributed by atoms with Crippen LogP contribution in [0.5, 0.6) is 5.75 Å². The number of hydrogen-bond acceptors (Lipinski definition) is 2. The predicted molar refractivity (Wildman–Crippen MR) is 80.9 cm³/mol. The summed E-state index contributed by atoms with van der Waals surface area (Å²) in [6.07, 6.45) is 0. The smallest absolute Gasteiger partial charge is 0.124 e. The number of ether oxygens (including phenoxy) is 1. The van der Waals surface area contributed by atoms with E-state index in [1.807, 2.05) is 25.1 Å². The second kappa shape index (κ2) is 7.12. The molecule has 0 aliphatic heterocycles. The highest BCUT2D eigenvalue weighted by atomic mass is 35.5. The van der Waals surface area contributed by atoms with Crippen LogP contribution in [0.2, 0.25) is 5.02 Å². The Labute approximate surface area is 128 Å². The fourth-order valence-electron chi connectivity index (χ4n) is 1.82. The molecule has 0 amide bonds. The van der Waals surface area contributed by atoms with Gasteiger partial charge in [-0.1, -0.05) is 29.5 Å². The van der Waals surface area contributed by atoms with Crippen molar-refractivity contribution in [1.82, 2.24) is 0 Å². The second-order valence-corrected chi connectivity index (χ2v) is 4.87. The van der Waals surface area contributed by atoms with Crippen molar-refractivity contribution in [3.63, 3.8) is 0 Å². The normalized spacial score (nSPS) is 9.90. The first-order valence-electron chi connectivity index (χ1n) is 6.37. The van der Waals surface area contributed by atoms with E-state index < -0.39 is 0 Å². The fourth-order valence-corrected chi connectivity index (χ4v) is 2.05. The van der Waals surface area contributed by atoms with Crippen molar-refractivity contribution >= 4 is 11.6 Å². The van der Waals surface area contributed by atoms with Gasteiger partial charge in [0.05, 0.1) is 5.02 Å². The Kier molecular flexibility index (Phi) is 5.21. The van der Waals surface area contributed by atoms with Gasteiger partial charge in [-0.15, -0.1) is 0 Å². The van der Waals surface area contributed by atoms with Crippen LogP contribution >= 0.6 is 11.6 Å². The number of halogens is 2. The minimum absolute atomic E-state index is 0.166. The van der Waals surface area contributed by atoms with E-state index in [1.165, 1.54) is 12.1 Å². The number of aliphatic hydroxyl groups excluding tert-OH is 1. The van der Waals surface area contributed by atoms with Gasteiger partial charge in [0.2, 0.25) is 0 Å². The molecule has 0 aliphatic carbocycles. The van der Waals surface area contributed by atoms with Gasteiger partial charge in [0.25, 0.3) is 0 Å². The Balaban J connectivity index is 2.09. The second-order valence-electron chi connectivity index (χ2n) is 4.46. The summed E-state index contributed by atoms with van der Waals surface area (Å²) in [5, 5.41) is 9.02. The molecule has 21 heavy (non-hydrogen) atoms. The van der Waals surface area contributed by atoms with E-state index in [2.05, 4.69) is 11.8 Å². The Bertz CT molecular complexity index is 702. The summed E-state index contributed by atoms with van der Waals surface area (Å²) in [5.41, 5.74) is 2.47. The van der Waals surface area contributed by atoms with Crippen LogP contribution in [0, 0.1) is 24.6 Å². The molecule has 0 saturated carbocycles. The molecule has 108 valence electrons. The third-order valence-electron chi connectivity index (χ3n) is 2.89. The molecular weight excluding hydrogens is 291 g/mol. The summed E-state index contributed by atoms with van der Waals surface area (Å²) >= 11 is 5.96. The van der Waals surface area contributed by atoms with Gasteiger partial charge in [-0.2, -0.15) is 0 Å². The zero-order valence-corrected chi connectivity index (χ0v) is 12.2. The molecule has 2 aromatic rings. The van der Waals surface area contributed by atoms with E-state index in [4.69, 9.17) is 21.4 Å². The first-order valence-corrected chi connectivity index (χ1v) is 6.75. The standard InChI is InChI=1S/C17H14ClFO2/c1-12-9-13(3-2-8-20)4-7-17(12)21-11-14-5-6-15(19)10-16(14)18/h4-7,9-10,20H,8,11H2,1H3. The summed E-state index contributed by atoms with van der Waals surface area (Å²) in [7, 11) is 0. The SMILES string of the molecule is Cc1cc(C#CCO)ccc1OCc1ccc(F)cc1Cl. The molecule has 0 radical (unpaired) electrons. The van der Waals surface area contributed by atoms with Gasteiger partial charge in [-0.05, 0) is 42.8 Å². The van der Waals surface area contributed by atoms with Gasteiger partial charge in [0, 0.05) is 11.1 Å². The quantitative estimate of drug-likeness (QED) is 0.876. The molecule has 0 saturated heterocycles. The molecule has 0 aliphatic rings. The number of rotatable bonds is 3. The van der Waals surface area contributed by atoms with Gasteiger partial charge in [0.15, 0.2) is 0 Å². The summed E-state index contributed by atoms with van der Waals surface area (Å²) in [6.45, 7) is 2.01. The number of benzene rings is 2. The van der Waals surface area contributed by atoms with E-state index in [-0.39, 0.29) is 19.0 Å². The maximum atomic E-state index is 13.0. The molecule has 0 heterocycles. The first-order chi connectivity index (χ1) is 10.1. The highest BCUT2D eigenvalue weighted by Crippen LogP contribution is 2.23. The van der Waals surface area contributed by atoms with Crippen LogP contribution in [0.4, 0.5) is 4.39 Å². The fraction of sp³-hybridized carbons (Fsp3) is 0.176. The molecule has 2 aromatic carbocycles. The summed E-state index contributed by atoms with van der Waals surface area (Å²) in [4.78, 5) is 0. The molecule has 0 unspecified atom stereocenters. The maximum Gasteiger partial charge on any atom is 0.124 e. The van der Waals surface area contributed by atoms with Crippen LogP contribution in [-0.2, 0) is 6.61 Å². The van der Waals surface area contributed by atoms with Crippen molar-refractivity contribution in [2.75, 3.05) is 6.61 Å². The Hall–Kier alpha value is -2.02. The zero-order chi connectivity index (χ0) is 15.2. The lowest BCUT2D eigenvalue weighted by atomic mass is 10.1. The molecule has 0 atom stereocenters. The van der Waals surface area contributed by atoms with Crippen LogP contribution in [0.25, 0.3) is 0 Å². The average Bonchev–Trinajstić information content (AvgIpc) is 2.45. The molecular formula is C17H14ClFO2. The molecule has 0 aromatic heterocycles. The summed E-state index contributed by atoms with van der Waals surface area (Å²) in [5.74, 6) is 5.77. The molecule has 0 fully saturated rings. The summed E-state index contributed by atoms with van der Waals surface area (Å²) < 4.78 is 18.7. The number of hydrogen-bond donors (Lipinski definition) is 1. The van der Waals surface area contributed by atoms with Gasteiger partial charge < -0.3 is 9.84 Å². The Morgan fingerprint density at radius 1 is 1.24 bits per heavy atom. The molecule has 2 rings (SSSR count). The van der Waals surface area contributed by atoms with E-state index in [9.17, 15) is 4.39 Å². The monoisotopic (exact) mass is 304 g/mol. The lowest BCUT2D eigenvalue weighted by molar-refractivity contribution is 0.304. The number of aryl methyl sites for hydroxylation is 1. The third kappa shape index (κ3) is 4.22. The van der Waals surface area contributed by atoms with Gasteiger partial charge >= 0.3 is 0 Å². The van der Waals surface area contributed by atoms with Crippen LogP contribution in [0.1, 0.15) is 16.7 Å².